The lowest BCUT2D eigenvalue weighted by atomic mass is 10.2. The average molecular weight is 439 g/mol. The molecular weight excluding hydrogens is 418 g/mol. The van der Waals surface area contributed by atoms with Crippen molar-refractivity contribution in [1.29, 1.82) is 0 Å². The Morgan fingerprint density at radius 3 is 2.68 bits per heavy atom. The molecule has 2 heterocycles. The van der Waals surface area contributed by atoms with Crippen molar-refractivity contribution >= 4 is 26.7 Å². The summed E-state index contributed by atoms with van der Waals surface area (Å²) in [5, 5.41) is 5.18. The van der Waals surface area contributed by atoms with Crippen LogP contribution in [0.3, 0.4) is 0 Å². The molecule has 10 heteroatoms. The van der Waals surface area contributed by atoms with Gasteiger partial charge < -0.3 is 15.2 Å². The summed E-state index contributed by atoms with van der Waals surface area (Å²) in [5.41, 5.74) is 7.75. The SMILES string of the molecule is COc1ccc(CNS(=O)(=O)c2cc(N)ccc2-n2cc3cccnc3n2)c(OC)c1. The second kappa shape index (κ2) is 8.25. The number of hydrogen-bond acceptors (Lipinski definition) is 7. The number of anilines is 1. The van der Waals surface area contributed by atoms with Crippen LogP contribution in [0, 0.1) is 0 Å². The molecule has 0 saturated carbocycles. The number of pyridine rings is 1. The number of methoxy groups -OCH3 is 2. The molecule has 0 amide bonds. The number of rotatable bonds is 7. The van der Waals surface area contributed by atoms with E-state index in [2.05, 4.69) is 14.8 Å². The molecule has 0 bridgehead atoms. The van der Waals surface area contributed by atoms with Gasteiger partial charge in [0.1, 0.15) is 16.4 Å². The Kier molecular flexibility index (Phi) is 5.49. The van der Waals surface area contributed by atoms with Crippen LogP contribution in [0.25, 0.3) is 16.7 Å². The fourth-order valence-electron chi connectivity index (χ4n) is 3.16. The molecule has 0 aliphatic heterocycles. The van der Waals surface area contributed by atoms with E-state index in [0.29, 0.717) is 34.1 Å². The molecule has 2 aromatic heterocycles. The number of nitrogens with zero attached hydrogens (tertiary/aromatic N) is 3. The molecule has 0 aliphatic rings. The molecular formula is C21H21N5O4S. The number of sulfonamides is 1. The third-order valence-corrected chi connectivity index (χ3v) is 6.18. The summed E-state index contributed by atoms with van der Waals surface area (Å²) in [5.74, 6) is 1.13. The van der Waals surface area contributed by atoms with Gasteiger partial charge in [0, 0.05) is 41.6 Å². The zero-order valence-corrected chi connectivity index (χ0v) is 17.8. The molecule has 9 nitrogen and oxygen atoms in total. The Hall–Kier alpha value is -3.63. The van der Waals surface area contributed by atoms with Crippen molar-refractivity contribution in [2.24, 2.45) is 0 Å². The predicted octanol–water partition coefficient (Wildman–Crippen LogP) is 2.50. The van der Waals surface area contributed by atoms with Crippen LogP contribution >= 0.6 is 0 Å². The van der Waals surface area contributed by atoms with Gasteiger partial charge in [-0.05, 0) is 36.4 Å². The van der Waals surface area contributed by atoms with E-state index < -0.39 is 10.0 Å². The van der Waals surface area contributed by atoms with Gasteiger partial charge in [0.05, 0.1) is 19.9 Å². The van der Waals surface area contributed by atoms with Crippen LogP contribution in [0.5, 0.6) is 11.5 Å². The van der Waals surface area contributed by atoms with Gasteiger partial charge in [-0.2, -0.15) is 0 Å². The quantitative estimate of drug-likeness (QED) is 0.424. The molecule has 0 aliphatic carbocycles. The van der Waals surface area contributed by atoms with Crippen molar-refractivity contribution in [2.45, 2.75) is 11.4 Å². The first-order valence-corrected chi connectivity index (χ1v) is 10.8. The van der Waals surface area contributed by atoms with E-state index in [1.165, 1.54) is 17.9 Å². The maximum absolute atomic E-state index is 13.2. The van der Waals surface area contributed by atoms with E-state index in [0.717, 1.165) is 5.39 Å². The molecule has 31 heavy (non-hydrogen) atoms. The Labute approximate surface area is 179 Å². The van der Waals surface area contributed by atoms with Crippen molar-refractivity contribution in [3.8, 4) is 17.2 Å². The molecule has 4 aromatic rings. The van der Waals surface area contributed by atoms with Gasteiger partial charge in [0.25, 0.3) is 0 Å². The highest BCUT2D eigenvalue weighted by molar-refractivity contribution is 7.89. The summed E-state index contributed by atoms with van der Waals surface area (Å²) < 4.78 is 41.0. The first-order valence-electron chi connectivity index (χ1n) is 9.32. The van der Waals surface area contributed by atoms with E-state index in [1.54, 1.807) is 55.9 Å². The first kappa shape index (κ1) is 20.6. The fourth-order valence-corrected chi connectivity index (χ4v) is 4.39. The molecule has 3 N–H and O–H groups in total. The van der Waals surface area contributed by atoms with E-state index in [-0.39, 0.29) is 11.4 Å². The number of nitrogens with two attached hydrogens (primary N) is 1. The zero-order chi connectivity index (χ0) is 22.0. The molecule has 0 unspecified atom stereocenters. The minimum absolute atomic E-state index is 0.00721. The Morgan fingerprint density at radius 2 is 1.94 bits per heavy atom. The molecule has 0 fully saturated rings. The van der Waals surface area contributed by atoms with Crippen LogP contribution in [-0.2, 0) is 16.6 Å². The van der Waals surface area contributed by atoms with Crippen molar-refractivity contribution in [2.75, 3.05) is 20.0 Å². The second-order valence-electron chi connectivity index (χ2n) is 6.72. The van der Waals surface area contributed by atoms with Gasteiger partial charge in [0.2, 0.25) is 10.0 Å². The maximum atomic E-state index is 13.2. The van der Waals surface area contributed by atoms with E-state index in [1.807, 2.05) is 6.07 Å². The zero-order valence-electron chi connectivity index (χ0n) is 16.9. The summed E-state index contributed by atoms with van der Waals surface area (Å²) in [6.45, 7) is 0.0202. The number of ether oxygens (including phenoxy) is 2. The van der Waals surface area contributed by atoms with Crippen LogP contribution in [0.15, 0.2) is 65.8 Å². The second-order valence-corrected chi connectivity index (χ2v) is 8.45. The number of fused-ring (bicyclic) bond motifs is 1. The van der Waals surface area contributed by atoms with Gasteiger partial charge in [0.15, 0.2) is 5.65 Å². The summed E-state index contributed by atoms with van der Waals surface area (Å²) in [7, 11) is -0.875. The van der Waals surface area contributed by atoms with Crippen molar-refractivity contribution in [3.63, 3.8) is 0 Å². The lowest BCUT2D eigenvalue weighted by Gasteiger charge is -2.14. The Morgan fingerprint density at radius 1 is 1.10 bits per heavy atom. The van der Waals surface area contributed by atoms with Crippen molar-refractivity contribution < 1.29 is 17.9 Å². The molecule has 160 valence electrons. The third kappa shape index (κ3) is 4.16. The summed E-state index contributed by atoms with van der Waals surface area (Å²) in [6.07, 6.45) is 3.35. The highest BCUT2D eigenvalue weighted by atomic mass is 32.2. The largest absolute Gasteiger partial charge is 0.497 e. The Balaban J connectivity index is 1.69. The molecule has 0 spiro atoms. The molecule has 2 aromatic carbocycles. The smallest absolute Gasteiger partial charge is 0.243 e. The van der Waals surface area contributed by atoms with Gasteiger partial charge in [-0.15, -0.1) is 5.10 Å². The van der Waals surface area contributed by atoms with Gasteiger partial charge >= 0.3 is 0 Å². The van der Waals surface area contributed by atoms with Gasteiger partial charge in [-0.25, -0.2) is 22.8 Å². The minimum atomic E-state index is -3.94. The van der Waals surface area contributed by atoms with E-state index in [4.69, 9.17) is 15.2 Å². The monoisotopic (exact) mass is 439 g/mol. The fraction of sp³-hybridized carbons (Fsp3) is 0.143. The topological polar surface area (TPSA) is 121 Å². The van der Waals surface area contributed by atoms with Crippen molar-refractivity contribution in [1.82, 2.24) is 19.5 Å². The highest BCUT2D eigenvalue weighted by Gasteiger charge is 2.22. The van der Waals surface area contributed by atoms with Crippen LogP contribution in [0.1, 0.15) is 5.56 Å². The van der Waals surface area contributed by atoms with Crippen LogP contribution in [-0.4, -0.2) is 37.4 Å². The lowest BCUT2D eigenvalue weighted by molar-refractivity contribution is 0.390. The standard InChI is InChI=1S/C21H21N5O4S/c1-29-17-7-5-14(19(11-17)30-2)12-24-31(27,28)20-10-16(22)6-8-18(20)26-13-15-4-3-9-23-21(15)25-26/h3-11,13,24H,12,22H2,1-2H3. The molecule has 0 radical (unpaired) electrons. The van der Waals surface area contributed by atoms with Gasteiger partial charge in [-0.3, -0.25) is 0 Å². The van der Waals surface area contributed by atoms with E-state index >= 15 is 0 Å². The van der Waals surface area contributed by atoms with Crippen molar-refractivity contribution in [3.05, 3.63) is 66.5 Å². The highest BCUT2D eigenvalue weighted by Crippen LogP contribution is 2.27. The predicted molar refractivity (Wildman–Crippen MR) is 117 cm³/mol. The lowest BCUT2D eigenvalue weighted by Crippen LogP contribution is -2.25. The van der Waals surface area contributed by atoms with Crippen LogP contribution in [0.4, 0.5) is 5.69 Å². The number of aromatic nitrogens is 3. The number of nitrogen functional groups attached to an aromatic ring is 1. The summed E-state index contributed by atoms with van der Waals surface area (Å²) in [4.78, 5) is 4.21. The Bertz CT molecular complexity index is 1320. The summed E-state index contributed by atoms with van der Waals surface area (Å²) >= 11 is 0. The maximum Gasteiger partial charge on any atom is 0.243 e. The number of benzene rings is 2. The normalized spacial score (nSPS) is 11.5. The minimum Gasteiger partial charge on any atom is -0.497 e. The average Bonchev–Trinajstić information content (AvgIpc) is 3.21. The van der Waals surface area contributed by atoms with E-state index in [9.17, 15) is 8.42 Å². The van der Waals surface area contributed by atoms with Crippen LogP contribution < -0.4 is 19.9 Å². The van der Waals surface area contributed by atoms with Gasteiger partial charge in [-0.1, -0.05) is 6.07 Å². The molecule has 4 rings (SSSR count). The molecule has 0 atom stereocenters. The molecule has 0 saturated heterocycles. The third-order valence-electron chi connectivity index (χ3n) is 4.75. The van der Waals surface area contributed by atoms with Crippen LogP contribution in [0.2, 0.25) is 0 Å². The number of nitrogens with one attached hydrogen (secondary N) is 1. The summed E-state index contributed by atoms with van der Waals surface area (Å²) in [6, 6.07) is 13.5. The number of hydrogen-bond donors (Lipinski definition) is 2. The first-order chi connectivity index (χ1) is 14.9.